The van der Waals surface area contributed by atoms with Gasteiger partial charge in [-0.15, -0.1) is 0 Å². The SMILES string of the molecule is NNC(c1ccc(F)cc1I)c1ccccc1C(F)(F)F. The van der Waals surface area contributed by atoms with Gasteiger partial charge in [0.15, 0.2) is 0 Å². The highest BCUT2D eigenvalue weighted by Crippen LogP contribution is 2.37. The van der Waals surface area contributed by atoms with Crippen molar-refractivity contribution in [3.8, 4) is 0 Å². The molecule has 112 valence electrons. The van der Waals surface area contributed by atoms with Crippen LogP contribution in [0.1, 0.15) is 22.7 Å². The van der Waals surface area contributed by atoms with Gasteiger partial charge >= 0.3 is 6.18 Å². The molecule has 2 nitrogen and oxygen atoms in total. The second-order valence-electron chi connectivity index (χ2n) is 4.35. The zero-order chi connectivity index (χ0) is 15.6. The molecular weight excluding hydrogens is 399 g/mol. The Morgan fingerprint density at radius 1 is 1.05 bits per heavy atom. The van der Waals surface area contributed by atoms with E-state index in [2.05, 4.69) is 5.43 Å². The van der Waals surface area contributed by atoms with Gasteiger partial charge in [0.05, 0.1) is 11.6 Å². The Morgan fingerprint density at radius 3 is 2.29 bits per heavy atom. The van der Waals surface area contributed by atoms with Crippen molar-refractivity contribution in [1.29, 1.82) is 0 Å². The third-order valence-corrected chi connectivity index (χ3v) is 3.95. The van der Waals surface area contributed by atoms with E-state index in [4.69, 9.17) is 5.84 Å². The maximum absolute atomic E-state index is 13.1. The second-order valence-corrected chi connectivity index (χ2v) is 5.51. The minimum Gasteiger partial charge on any atom is -0.271 e. The summed E-state index contributed by atoms with van der Waals surface area (Å²) in [5.74, 6) is 4.99. The van der Waals surface area contributed by atoms with Crippen molar-refractivity contribution in [1.82, 2.24) is 5.43 Å². The largest absolute Gasteiger partial charge is 0.416 e. The van der Waals surface area contributed by atoms with E-state index in [-0.39, 0.29) is 5.56 Å². The fourth-order valence-corrected chi connectivity index (χ4v) is 2.88. The van der Waals surface area contributed by atoms with Crippen molar-refractivity contribution in [2.45, 2.75) is 12.2 Å². The van der Waals surface area contributed by atoms with Gasteiger partial charge in [0, 0.05) is 3.57 Å². The van der Waals surface area contributed by atoms with Crippen LogP contribution in [0.4, 0.5) is 17.6 Å². The molecule has 0 fully saturated rings. The first-order chi connectivity index (χ1) is 9.84. The minimum atomic E-state index is -4.49. The van der Waals surface area contributed by atoms with Gasteiger partial charge in [-0.05, 0) is 51.9 Å². The molecule has 2 aromatic rings. The molecule has 2 aromatic carbocycles. The van der Waals surface area contributed by atoms with Crippen molar-refractivity contribution >= 4 is 22.6 Å². The molecule has 0 aliphatic rings. The number of alkyl halides is 3. The van der Waals surface area contributed by atoms with Gasteiger partial charge in [-0.2, -0.15) is 13.2 Å². The number of nitrogens with one attached hydrogen (secondary N) is 1. The molecule has 3 N–H and O–H groups in total. The predicted octanol–water partition coefficient (Wildman–Crippen LogP) is 4.00. The molecule has 0 amide bonds. The van der Waals surface area contributed by atoms with Gasteiger partial charge in [-0.25, -0.2) is 9.82 Å². The normalized spacial score (nSPS) is 13.2. The fraction of sp³-hybridized carbons (Fsp3) is 0.143. The number of hydrogen-bond acceptors (Lipinski definition) is 2. The van der Waals surface area contributed by atoms with Crippen LogP contribution in [-0.2, 0) is 6.18 Å². The monoisotopic (exact) mass is 410 g/mol. The fourth-order valence-electron chi connectivity index (χ4n) is 2.09. The maximum atomic E-state index is 13.1. The molecule has 2 rings (SSSR count). The smallest absolute Gasteiger partial charge is 0.271 e. The van der Waals surface area contributed by atoms with Crippen molar-refractivity contribution in [3.05, 3.63) is 68.5 Å². The summed E-state index contributed by atoms with van der Waals surface area (Å²) in [5.41, 5.74) is 2.09. The highest BCUT2D eigenvalue weighted by Gasteiger charge is 2.35. The molecule has 0 spiro atoms. The lowest BCUT2D eigenvalue weighted by molar-refractivity contribution is -0.138. The maximum Gasteiger partial charge on any atom is 0.416 e. The van der Waals surface area contributed by atoms with Gasteiger partial charge in [0.25, 0.3) is 0 Å². The number of benzene rings is 2. The molecule has 0 saturated heterocycles. The van der Waals surface area contributed by atoms with Gasteiger partial charge in [0.1, 0.15) is 5.82 Å². The molecule has 1 atom stereocenters. The van der Waals surface area contributed by atoms with Crippen molar-refractivity contribution in [2.24, 2.45) is 5.84 Å². The number of rotatable bonds is 3. The quantitative estimate of drug-likeness (QED) is 0.348. The second kappa shape index (κ2) is 6.29. The molecule has 7 heteroatoms. The first kappa shape index (κ1) is 16.2. The molecule has 1 unspecified atom stereocenters. The van der Waals surface area contributed by atoms with Crippen LogP contribution in [0, 0.1) is 9.39 Å². The van der Waals surface area contributed by atoms with Crippen LogP contribution in [0.5, 0.6) is 0 Å². The summed E-state index contributed by atoms with van der Waals surface area (Å²) >= 11 is 1.87. The summed E-state index contributed by atoms with van der Waals surface area (Å²) in [5, 5.41) is 0. The minimum absolute atomic E-state index is 0.00276. The molecule has 0 aliphatic carbocycles. The third kappa shape index (κ3) is 3.53. The van der Waals surface area contributed by atoms with Crippen LogP contribution in [0.15, 0.2) is 42.5 Å². The van der Waals surface area contributed by atoms with E-state index in [9.17, 15) is 17.6 Å². The highest BCUT2D eigenvalue weighted by molar-refractivity contribution is 14.1. The van der Waals surface area contributed by atoms with E-state index in [1.165, 1.54) is 36.4 Å². The zero-order valence-electron chi connectivity index (χ0n) is 10.6. The average molecular weight is 410 g/mol. The topological polar surface area (TPSA) is 38.0 Å². The van der Waals surface area contributed by atoms with Crippen molar-refractivity contribution in [2.75, 3.05) is 0 Å². The highest BCUT2D eigenvalue weighted by atomic mass is 127. The summed E-state index contributed by atoms with van der Waals surface area (Å²) < 4.78 is 52.9. The zero-order valence-corrected chi connectivity index (χ0v) is 12.7. The molecule has 21 heavy (non-hydrogen) atoms. The first-order valence-electron chi connectivity index (χ1n) is 5.91. The Kier molecular flexibility index (Phi) is 4.84. The Morgan fingerprint density at radius 2 is 1.71 bits per heavy atom. The summed E-state index contributed by atoms with van der Waals surface area (Å²) in [6, 6.07) is 8.16. The lowest BCUT2D eigenvalue weighted by atomic mass is 9.94. The van der Waals surface area contributed by atoms with Gasteiger partial charge in [-0.3, -0.25) is 5.84 Å². The van der Waals surface area contributed by atoms with E-state index in [1.807, 2.05) is 22.6 Å². The lowest BCUT2D eigenvalue weighted by Crippen LogP contribution is -2.31. The predicted molar refractivity (Wildman–Crippen MR) is 79.7 cm³/mol. The third-order valence-electron chi connectivity index (χ3n) is 3.02. The Hall–Kier alpha value is -1.19. The van der Waals surface area contributed by atoms with Crippen LogP contribution >= 0.6 is 22.6 Å². The molecule has 0 bridgehead atoms. The Labute approximate surface area is 132 Å². The van der Waals surface area contributed by atoms with Gasteiger partial charge in [-0.1, -0.05) is 24.3 Å². The Bertz CT molecular complexity index is 643. The van der Waals surface area contributed by atoms with E-state index < -0.39 is 23.6 Å². The molecule has 0 heterocycles. The summed E-state index contributed by atoms with van der Waals surface area (Å²) in [6.45, 7) is 0. The van der Waals surface area contributed by atoms with Crippen LogP contribution in [0.2, 0.25) is 0 Å². The summed E-state index contributed by atoms with van der Waals surface area (Å²) in [4.78, 5) is 0. The summed E-state index contributed by atoms with van der Waals surface area (Å²) in [6.07, 6.45) is -4.49. The van der Waals surface area contributed by atoms with Gasteiger partial charge in [0.2, 0.25) is 0 Å². The van der Waals surface area contributed by atoms with Crippen LogP contribution in [0.25, 0.3) is 0 Å². The van der Waals surface area contributed by atoms with Crippen molar-refractivity contribution in [3.63, 3.8) is 0 Å². The van der Waals surface area contributed by atoms with E-state index in [1.54, 1.807) is 0 Å². The summed E-state index contributed by atoms with van der Waals surface area (Å²) in [7, 11) is 0. The molecule has 0 saturated carbocycles. The lowest BCUT2D eigenvalue weighted by Gasteiger charge is -2.22. The molecule has 0 aliphatic heterocycles. The van der Waals surface area contributed by atoms with Crippen LogP contribution in [-0.4, -0.2) is 0 Å². The molecule has 0 radical (unpaired) electrons. The van der Waals surface area contributed by atoms with Gasteiger partial charge < -0.3 is 0 Å². The average Bonchev–Trinajstić information content (AvgIpc) is 2.41. The first-order valence-corrected chi connectivity index (χ1v) is 6.99. The number of hydrazine groups is 1. The van der Waals surface area contributed by atoms with E-state index in [0.29, 0.717) is 9.13 Å². The van der Waals surface area contributed by atoms with Crippen LogP contribution < -0.4 is 11.3 Å². The molecule has 0 aromatic heterocycles. The number of hydrogen-bond donors (Lipinski definition) is 2. The number of halogens is 5. The number of nitrogens with two attached hydrogens (primary N) is 1. The van der Waals surface area contributed by atoms with Crippen molar-refractivity contribution < 1.29 is 17.6 Å². The standard InChI is InChI=1S/C14H11F4IN2/c15-8-5-6-10(12(19)7-8)13(21-20)9-3-1-2-4-11(9)14(16,17)18/h1-7,13,21H,20H2. The Balaban J connectivity index is 2.57. The van der Waals surface area contributed by atoms with E-state index in [0.717, 1.165) is 6.07 Å². The van der Waals surface area contributed by atoms with E-state index >= 15 is 0 Å². The van der Waals surface area contributed by atoms with Crippen LogP contribution in [0.3, 0.4) is 0 Å². The molecular formula is C14H11F4IN2.